The Balaban J connectivity index is -0.000000216. The molecule has 0 aromatic carbocycles. The van der Waals surface area contributed by atoms with Crippen molar-refractivity contribution in [3.05, 3.63) is 0 Å². The molecule has 0 unspecified atom stereocenters. The lowest BCUT2D eigenvalue weighted by Crippen LogP contribution is -2.26. The van der Waals surface area contributed by atoms with Gasteiger partial charge in [0.15, 0.2) is 0 Å². The van der Waals surface area contributed by atoms with E-state index in [2.05, 4.69) is 0 Å². The Labute approximate surface area is 247 Å². The van der Waals surface area contributed by atoms with Crippen LogP contribution in [0.3, 0.4) is 0 Å². The largest absolute Gasteiger partial charge is 0.390 e. The van der Waals surface area contributed by atoms with Crippen LogP contribution in [0.2, 0.25) is 0 Å². The fraction of sp³-hybridized carbons (Fsp3) is 1.00. The smallest absolute Gasteiger partial charge is 0.0801 e. The van der Waals surface area contributed by atoms with Crippen molar-refractivity contribution in [2.24, 2.45) is 23.7 Å². The monoisotopic (exact) mass is 585 g/mol. The van der Waals surface area contributed by atoms with Crippen LogP contribution in [0.1, 0.15) is 134 Å². The van der Waals surface area contributed by atoms with E-state index < -0.39 is 48.8 Å². The fourth-order valence-electron chi connectivity index (χ4n) is 3.65. The molecule has 8 heteroatoms. The van der Waals surface area contributed by atoms with E-state index in [0.717, 1.165) is 0 Å². The fourth-order valence-corrected chi connectivity index (χ4v) is 3.65. The first-order valence-corrected chi connectivity index (χ1v) is 15.7. The molecule has 0 saturated carbocycles. The van der Waals surface area contributed by atoms with Crippen LogP contribution in [-0.2, 0) is 0 Å². The molecule has 0 aromatic heterocycles. The molecular formula is C32H72O8. The van der Waals surface area contributed by atoms with Gasteiger partial charge in [-0.25, -0.2) is 0 Å². The van der Waals surface area contributed by atoms with Crippen LogP contribution in [0.5, 0.6) is 0 Å². The molecule has 0 amide bonds. The summed E-state index contributed by atoms with van der Waals surface area (Å²) in [7, 11) is 0. The molecule has 0 radical (unpaired) electrons. The molecule has 0 heterocycles. The van der Waals surface area contributed by atoms with Gasteiger partial charge >= 0.3 is 0 Å². The summed E-state index contributed by atoms with van der Waals surface area (Å²) in [6.45, 7) is 23.7. The van der Waals surface area contributed by atoms with Crippen molar-refractivity contribution >= 4 is 0 Å². The molecule has 0 aliphatic heterocycles. The summed E-state index contributed by atoms with van der Waals surface area (Å²) >= 11 is 0. The summed E-state index contributed by atoms with van der Waals surface area (Å²) in [6.07, 6.45) is 0.983. The predicted octanol–water partition coefficient (Wildman–Crippen LogP) is 4.66. The van der Waals surface area contributed by atoms with E-state index in [4.69, 9.17) is 20.4 Å². The van der Waals surface area contributed by atoms with Gasteiger partial charge in [-0.05, 0) is 75.0 Å². The van der Waals surface area contributed by atoms with E-state index in [1.54, 1.807) is 0 Å². The summed E-state index contributed by atoms with van der Waals surface area (Å²) in [6, 6.07) is 0. The van der Waals surface area contributed by atoms with Crippen molar-refractivity contribution < 1.29 is 40.9 Å². The Morgan fingerprint density at radius 3 is 0.475 bits per heavy atom. The molecule has 0 rings (SSSR count). The average Bonchev–Trinajstić information content (AvgIpc) is 2.85. The van der Waals surface area contributed by atoms with Gasteiger partial charge in [-0.15, -0.1) is 0 Å². The number of aliphatic hydroxyl groups excluding tert-OH is 8. The molecule has 0 aliphatic carbocycles. The van der Waals surface area contributed by atoms with Crippen LogP contribution in [-0.4, -0.2) is 89.7 Å². The molecule has 0 fully saturated rings. The third-order valence-electron chi connectivity index (χ3n) is 6.30. The van der Waals surface area contributed by atoms with Gasteiger partial charge < -0.3 is 40.9 Å². The Morgan fingerprint density at radius 2 is 0.400 bits per heavy atom. The molecule has 248 valence electrons. The van der Waals surface area contributed by atoms with Crippen molar-refractivity contribution in [2.45, 2.75) is 183 Å². The highest BCUT2D eigenvalue weighted by Crippen LogP contribution is 2.12. The summed E-state index contributed by atoms with van der Waals surface area (Å²) in [5.74, 6) is 1.82. The average molecular weight is 585 g/mol. The number of hydrogen-bond donors (Lipinski definition) is 8. The highest BCUT2D eigenvalue weighted by atomic mass is 16.3. The lowest BCUT2D eigenvalue weighted by molar-refractivity contribution is 0.00587. The van der Waals surface area contributed by atoms with Crippen molar-refractivity contribution in [3.63, 3.8) is 0 Å². The number of rotatable bonds is 16. The van der Waals surface area contributed by atoms with Gasteiger partial charge in [-0.2, -0.15) is 0 Å². The molecule has 8 N–H and O–H groups in total. The molecule has 0 saturated heterocycles. The quantitative estimate of drug-likeness (QED) is 0.130. The van der Waals surface area contributed by atoms with Crippen LogP contribution in [0.25, 0.3) is 0 Å². The van der Waals surface area contributed by atoms with Crippen LogP contribution >= 0.6 is 0 Å². The third-order valence-corrected chi connectivity index (χ3v) is 6.30. The van der Waals surface area contributed by atoms with Crippen LogP contribution < -0.4 is 0 Å². The van der Waals surface area contributed by atoms with Gasteiger partial charge in [0.25, 0.3) is 0 Å². The van der Waals surface area contributed by atoms with Gasteiger partial charge in [0, 0.05) is 0 Å². The molecule has 0 bridgehead atoms. The highest BCUT2D eigenvalue weighted by Gasteiger charge is 2.16. The second-order valence-electron chi connectivity index (χ2n) is 12.7. The number of aliphatic hydroxyl groups is 8. The van der Waals surface area contributed by atoms with Crippen LogP contribution in [0.4, 0.5) is 0 Å². The minimum Gasteiger partial charge on any atom is -0.390 e. The minimum absolute atomic E-state index is 0.455. The van der Waals surface area contributed by atoms with Crippen molar-refractivity contribution in [1.29, 1.82) is 0 Å². The minimum atomic E-state index is -0.539. The van der Waals surface area contributed by atoms with Crippen LogP contribution in [0.15, 0.2) is 0 Å². The van der Waals surface area contributed by atoms with Crippen molar-refractivity contribution in [1.82, 2.24) is 0 Å². The van der Waals surface area contributed by atoms with Crippen LogP contribution in [0, 0.1) is 23.7 Å². The zero-order chi connectivity index (χ0) is 32.6. The lowest BCUT2D eigenvalue weighted by Gasteiger charge is -2.17. The highest BCUT2D eigenvalue weighted by molar-refractivity contribution is 4.68. The lowest BCUT2D eigenvalue weighted by atomic mass is 10.0. The summed E-state index contributed by atoms with van der Waals surface area (Å²) in [4.78, 5) is 0. The van der Waals surface area contributed by atoms with Crippen molar-refractivity contribution in [3.8, 4) is 0 Å². The van der Waals surface area contributed by atoms with E-state index in [9.17, 15) is 20.4 Å². The van der Waals surface area contributed by atoms with Gasteiger partial charge in [-0.1, -0.05) is 83.1 Å². The predicted molar refractivity (Wildman–Crippen MR) is 167 cm³/mol. The van der Waals surface area contributed by atoms with E-state index in [-0.39, 0.29) is 0 Å². The van der Waals surface area contributed by atoms with Gasteiger partial charge in [0.05, 0.1) is 48.8 Å². The summed E-state index contributed by atoms with van der Waals surface area (Å²) in [5.41, 5.74) is 0. The van der Waals surface area contributed by atoms with Crippen molar-refractivity contribution in [2.75, 3.05) is 0 Å². The van der Waals surface area contributed by atoms with Gasteiger partial charge in [0.1, 0.15) is 0 Å². The zero-order valence-electron chi connectivity index (χ0n) is 28.2. The Kier molecular flexibility index (Phi) is 33.6. The maximum Gasteiger partial charge on any atom is 0.0801 e. The topological polar surface area (TPSA) is 162 Å². The third kappa shape index (κ3) is 32.2. The molecule has 8 atom stereocenters. The SMILES string of the molecule is CC[C@@H](O)[C@@H](O)CC(C)C.CC[C@@H](O)[C@H](O)CC(C)C.CC[C@H](O)[C@@H](O)CC(C)C.CC[C@H](O)[C@H](O)CC(C)C. The van der Waals surface area contributed by atoms with Gasteiger partial charge in [-0.3, -0.25) is 0 Å². The standard InChI is InChI=1S/4C8H18O2/c4*1-4-7(9)8(10)5-6(2)3/h4*6-10H,4-5H2,1-3H3/t2*7-,8+;2*7-,8-/m1010/s1. The summed E-state index contributed by atoms with van der Waals surface area (Å²) < 4.78 is 0. The Morgan fingerprint density at radius 1 is 0.275 bits per heavy atom. The normalized spacial score (nSPS) is 17.4. The van der Waals surface area contributed by atoms with Gasteiger partial charge in [0.2, 0.25) is 0 Å². The molecule has 0 spiro atoms. The molecule has 0 aromatic rings. The maximum absolute atomic E-state index is 9.24. The Bertz CT molecular complexity index is 413. The van der Waals surface area contributed by atoms with E-state index >= 15 is 0 Å². The van der Waals surface area contributed by atoms with E-state index in [0.29, 0.717) is 75.0 Å². The number of hydrogen-bond acceptors (Lipinski definition) is 8. The second kappa shape index (κ2) is 28.8. The molecule has 0 aliphatic rings. The first-order chi connectivity index (χ1) is 18.3. The maximum atomic E-state index is 9.24. The summed E-state index contributed by atoms with van der Waals surface area (Å²) in [5, 5.41) is 73.5. The first-order valence-electron chi connectivity index (χ1n) is 15.7. The molecule has 40 heavy (non-hydrogen) atoms. The first kappa shape index (κ1) is 46.6. The molecular weight excluding hydrogens is 512 g/mol. The molecule has 8 nitrogen and oxygen atoms in total. The zero-order valence-corrected chi connectivity index (χ0v) is 28.2. The van der Waals surface area contributed by atoms with E-state index in [1.807, 2.05) is 83.1 Å². The second-order valence-corrected chi connectivity index (χ2v) is 12.7. The van der Waals surface area contributed by atoms with E-state index in [1.165, 1.54) is 0 Å². The Hall–Kier alpha value is -0.320.